The standard InChI is InChI=1S/C9H17I2NO/c1-3-4-8(2)9(13)12(7-11)6-5-10/h8H,3-7H2,1-2H3. The zero-order chi connectivity index (χ0) is 10.3. The Hall–Kier alpha value is 0.930. The molecule has 0 saturated carbocycles. The lowest BCUT2D eigenvalue weighted by Crippen LogP contribution is -2.35. The van der Waals surface area contributed by atoms with Gasteiger partial charge in [0.15, 0.2) is 0 Å². The number of rotatable bonds is 6. The van der Waals surface area contributed by atoms with Gasteiger partial charge in [0.2, 0.25) is 5.91 Å². The molecule has 0 N–H and O–H groups in total. The van der Waals surface area contributed by atoms with Gasteiger partial charge in [0.1, 0.15) is 0 Å². The van der Waals surface area contributed by atoms with Crippen LogP contribution < -0.4 is 0 Å². The Morgan fingerprint density at radius 3 is 2.46 bits per heavy atom. The quantitative estimate of drug-likeness (QED) is 0.375. The third kappa shape index (κ3) is 5.39. The number of hydrogen-bond acceptors (Lipinski definition) is 1. The van der Waals surface area contributed by atoms with Crippen LogP contribution in [0.4, 0.5) is 0 Å². The second-order valence-corrected chi connectivity index (χ2v) is 4.86. The van der Waals surface area contributed by atoms with Gasteiger partial charge >= 0.3 is 0 Å². The van der Waals surface area contributed by atoms with E-state index in [1.807, 2.05) is 11.8 Å². The summed E-state index contributed by atoms with van der Waals surface area (Å²) in [5.74, 6) is 0.510. The SMILES string of the molecule is CCCC(C)C(=O)N(CI)CCI. The Morgan fingerprint density at radius 1 is 1.46 bits per heavy atom. The molecule has 0 bridgehead atoms. The van der Waals surface area contributed by atoms with Crippen LogP contribution >= 0.6 is 45.2 Å². The fourth-order valence-corrected chi connectivity index (χ4v) is 2.46. The van der Waals surface area contributed by atoms with E-state index in [0.717, 1.165) is 28.4 Å². The van der Waals surface area contributed by atoms with Crippen LogP contribution in [0, 0.1) is 5.92 Å². The highest BCUT2D eigenvalue weighted by atomic mass is 127. The molecule has 2 nitrogen and oxygen atoms in total. The largest absolute Gasteiger partial charge is 0.333 e. The molecule has 0 aromatic carbocycles. The normalized spacial score (nSPS) is 12.6. The lowest BCUT2D eigenvalue weighted by molar-refractivity contribution is -0.133. The van der Waals surface area contributed by atoms with Gasteiger partial charge < -0.3 is 4.90 Å². The van der Waals surface area contributed by atoms with Gasteiger partial charge in [-0.3, -0.25) is 4.79 Å². The maximum Gasteiger partial charge on any atom is 0.226 e. The minimum Gasteiger partial charge on any atom is -0.333 e. The van der Waals surface area contributed by atoms with Gasteiger partial charge in [-0.15, -0.1) is 0 Å². The smallest absolute Gasteiger partial charge is 0.226 e. The average molecular weight is 409 g/mol. The van der Waals surface area contributed by atoms with Crippen molar-refractivity contribution in [3.8, 4) is 0 Å². The van der Waals surface area contributed by atoms with E-state index in [0.29, 0.717) is 5.91 Å². The second kappa shape index (κ2) is 8.26. The fourth-order valence-electron chi connectivity index (χ4n) is 1.20. The highest BCUT2D eigenvalue weighted by molar-refractivity contribution is 14.1. The van der Waals surface area contributed by atoms with Crippen LogP contribution in [0.25, 0.3) is 0 Å². The molecule has 0 aliphatic carbocycles. The summed E-state index contributed by atoms with van der Waals surface area (Å²) in [6, 6.07) is 0. The topological polar surface area (TPSA) is 20.3 Å². The molecular formula is C9H17I2NO. The summed E-state index contributed by atoms with van der Waals surface area (Å²) in [5, 5.41) is 0. The van der Waals surface area contributed by atoms with E-state index < -0.39 is 0 Å². The van der Waals surface area contributed by atoms with Crippen molar-refractivity contribution in [2.75, 3.05) is 15.5 Å². The Bertz CT molecular complexity index is 153. The molecular weight excluding hydrogens is 392 g/mol. The molecule has 0 aliphatic rings. The first-order valence-corrected chi connectivity index (χ1v) is 7.63. The molecule has 0 saturated heterocycles. The zero-order valence-electron chi connectivity index (χ0n) is 8.22. The van der Waals surface area contributed by atoms with Crippen LogP contribution in [-0.2, 0) is 4.79 Å². The summed E-state index contributed by atoms with van der Waals surface area (Å²) in [4.78, 5) is 13.7. The first-order valence-electron chi connectivity index (χ1n) is 4.58. The highest BCUT2D eigenvalue weighted by Gasteiger charge is 2.17. The van der Waals surface area contributed by atoms with E-state index in [1.165, 1.54) is 0 Å². The minimum atomic E-state index is 0.197. The summed E-state index contributed by atoms with van der Waals surface area (Å²) < 4.78 is 1.83. The molecule has 13 heavy (non-hydrogen) atoms. The van der Waals surface area contributed by atoms with Gasteiger partial charge in [-0.1, -0.05) is 65.5 Å². The maximum absolute atomic E-state index is 11.8. The first-order chi connectivity index (χ1) is 6.17. The lowest BCUT2D eigenvalue weighted by Gasteiger charge is -2.22. The van der Waals surface area contributed by atoms with E-state index in [9.17, 15) is 4.79 Å². The van der Waals surface area contributed by atoms with Gasteiger partial charge in [-0.25, -0.2) is 0 Å². The molecule has 1 atom stereocenters. The number of carbonyl (C=O) groups is 1. The fraction of sp³-hybridized carbons (Fsp3) is 0.889. The molecule has 0 aromatic rings. The molecule has 0 aliphatic heterocycles. The van der Waals surface area contributed by atoms with Gasteiger partial charge in [0, 0.05) is 16.9 Å². The Labute approximate surface area is 108 Å². The molecule has 1 unspecified atom stereocenters. The van der Waals surface area contributed by atoms with Crippen molar-refractivity contribution in [2.24, 2.45) is 5.92 Å². The number of hydrogen-bond donors (Lipinski definition) is 0. The zero-order valence-corrected chi connectivity index (χ0v) is 12.5. The molecule has 1 amide bonds. The summed E-state index contributed by atoms with van der Waals surface area (Å²) in [7, 11) is 0. The predicted molar refractivity (Wildman–Crippen MR) is 73.6 cm³/mol. The number of amides is 1. The molecule has 0 heterocycles. The summed E-state index contributed by atoms with van der Waals surface area (Å²) in [6.45, 7) is 5.03. The molecule has 0 fully saturated rings. The number of carbonyl (C=O) groups excluding carboxylic acids is 1. The van der Waals surface area contributed by atoms with Crippen LogP contribution in [0.5, 0.6) is 0 Å². The van der Waals surface area contributed by atoms with Crippen LogP contribution in [-0.4, -0.2) is 26.3 Å². The van der Waals surface area contributed by atoms with Crippen molar-refractivity contribution in [3.05, 3.63) is 0 Å². The van der Waals surface area contributed by atoms with E-state index in [4.69, 9.17) is 0 Å². The van der Waals surface area contributed by atoms with Crippen molar-refractivity contribution in [1.29, 1.82) is 0 Å². The van der Waals surface area contributed by atoms with Crippen molar-refractivity contribution in [1.82, 2.24) is 4.90 Å². The Balaban J connectivity index is 4.02. The molecule has 0 radical (unpaired) electrons. The van der Waals surface area contributed by atoms with E-state index in [2.05, 4.69) is 52.1 Å². The van der Waals surface area contributed by atoms with E-state index in [-0.39, 0.29) is 5.92 Å². The van der Waals surface area contributed by atoms with Crippen LogP contribution in [0.15, 0.2) is 0 Å². The second-order valence-electron chi connectivity index (χ2n) is 3.10. The Morgan fingerprint density at radius 2 is 2.08 bits per heavy atom. The predicted octanol–water partition coefficient (Wildman–Crippen LogP) is 3.08. The van der Waals surface area contributed by atoms with Crippen molar-refractivity contribution < 1.29 is 4.79 Å². The first kappa shape index (κ1) is 13.9. The van der Waals surface area contributed by atoms with Crippen molar-refractivity contribution >= 4 is 51.1 Å². The van der Waals surface area contributed by atoms with Crippen LogP contribution in [0.2, 0.25) is 0 Å². The molecule has 0 spiro atoms. The number of halogens is 2. The van der Waals surface area contributed by atoms with E-state index in [1.54, 1.807) is 0 Å². The summed E-state index contributed by atoms with van der Waals surface area (Å²) in [5.41, 5.74) is 0. The Kier molecular flexibility index (Phi) is 8.85. The minimum absolute atomic E-state index is 0.197. The van der Waals surface area contributed by atoms with Crippen molar-refractivity contribution in [2.45, 2.75) is 26.7 Å². The van der Waals surface area contributed by atoms with Gasteiger partial charge in [0.05, 0.1) is 4.55 Å². The van der Waals surface area contributed by atoms with Gasteiger partial charge in [-0.05, 0) is 6.42 Å². The van der Waals surface area contributed by atoms with E-state index >= 15 is 0 Å². The monoisotopic (exact) mass is 409 g/mol. The van der Waals surface area contributed by atoms with Crippen molar-refractivity contribution in [3.63, 3.8) is 0 Å². The van der Waals surface area contributed by atoms with Crippen LogP contribution in [0.1, 0.15) is 26.7 Å². The number of nitrogens with zero attached hydrogens (tertiary/aromatic N) is 1. The van der Waals surface area contributed by atoms with Gasteiger partial charge in [-0.2, -0.15) is 0 Å². The summed E-state index contributed by atoms with van der Waals surface area (Å²) >= 11 is 4.56. The average Bonchev–Trinajstić information content (AvgIpc) is 2.13. The highest BCUT2D eigenvalue weighted by Crippen LogP contribution is 2.11. The third-order valence-corrected chi connectivity index (χ3v) is 3.26. The lowest BCUT2D eigenvalue weighted by atomic mass is 10.1. The molecule has 0 aromatic heterocycles. The maximum atomic E-state index is 11.8. The van der Waals surface area contributed by atoms with Gasteiger partial charge in [0.25, 0.3) is 0 Å². The number of alkyl halides is 2. The van der Waals surface area contributed by atoms with Crippen LogP contribution in [0.3, 0.4) is 0 Å². The third-order valence-electron chi connectivity index (χ3n) is 1.95. The molecule has 78 valence electrons. The molecule has 4 heteroatoms. The molecule has 0 rings (SSSR count). The summed E-state index contributed by atoms with van der Waals surface area (Å²) in [6.07, 6.45) is 2.10.